The number of amides is 1. The van der Waals surface area contributed by atoms with Crippen LogP contribution in [0.4, 0.5) is 0 Å². The van der Waals surface area contributed by atoms with Crippen LogP contribution < -0.4 is 35.3 Å². The fourth-order valence-corrected chi connectivity index (χ4v) is 0.270. The molecular weight excluding hydrogens is 140 g/mol. The molecule has 0 aliphatic carbocycles. The molecule has 0 saturated heterocycles. The second kappa shape index (κ2) is 7.53. The predicted molar refractivity (Wildman–Crippen MR) is 23.9 cm³/mol. The largest absolute Gasteiger partial charge is 1.00 e. The third kappa shape index (κ3) is 9.73. The molecule has 0 spiro atoms. The van der Waals surface area contributed by atoms with E-state index in [9.17, 15) is 9.36 Å². The van der Waals surface area contributed by atoms with Crippen molar-refractivity contribution in [3.63, 3.8) is 0 Å². The van der Waals surface area contributed by atoms with E-state index < -0.39 is 14.6 Å². The van der Waals surface area contributed by atoms with E-state index in [0.717, 1.165) is 0 Å². The number of carbonyl (C=O) groups excluding carboxylic acids is 1. The van der Waals surface area contributed by atoms with Gasteiger partial charge in [0.25, 0.3) is 0 Å². The second-order valence-electron chi connectivity index (χ2n) is 0.814. The summed E-state index contributed by atoms with van der Waals surface area (Å²) in [7, 11) is -0.511. The van der Waals surface area contributed by atoms with Gasteiger partial charge in [0.15, 0.2) is 0 Å². The summed E-state index contributed by atoms with van der Waals surface area (Å²) in [6.07, 6.45) is 0. The van der Waals surface area contributed by atoms with Crippen LogP contribution >= 0.6 is 8.69 Å². The number of hydrogen-bond donors (Lipinski definition) is 1. The molecule has 4 nitrogen and oxygen atoms in total. The molecule has 0 aromatic carbocycles. The summed E-state index contributed by atoms with van der Waals surface area (Å²) in [6, 6.07) is 0. The molecule has 2 N–H and O–H groups in total. The minimum absolute atomic E-state index is 0. The summed E-state index contributed by atoms with van der Waals surface area (Å²) in [4.78, 5) is 9.71. The number of hydrogen-bond acceptors (Lipinski definition) is 3. The molecule has 0 atom stereocenters. The molecule has 6 heteroatoms. The van der Waals surface area contributed by atoms with Gasteiger partial charge < -0.3 is 7.16 Å². The first-order chi connectivity index (χ1) is 3.27. The summed E-state index contributed by atoms with van der Waals surface area (Å²) in [5, 5.41) is 0. The third-order valence-corrected chi connectivity index (χ3v) is 0.494. The average Bonchev–Trinajstić information content (AvgIpc) is 1.61. The molecule has 0 fully saturated rings. The van der Waals surface area contributed by atoms with Gasteiger partial charge in [0.05, 0.1) is 0 Å². The summed E-state index contributed by atoms with van der Waals surface area (Å²) in [6.45, 7) is -0.287. The Hall–Kier alpha value is 0.530. The molecule has 0 aliphatic heterocycles. The normalized spacial score (nSPS) is 8.00. The molecule has 0 aromatic rings. The smallest absolute Gasteiger partial charge is 1.00 e. The summed E-state index contributed by atoms with van der Waals surface area (Å²) >= 11 is 0. The van der Waals surface area contributed by atoms with Crippen LogP contribution in [0.1, 0.15) is 1.43 Å². The molecule has 0 aliphatic rings. The first kappa shape index (κ1) is 11.3. The fraction of sp³-hybridized carbons (Fsp3) is 0.500. The Bertz CT molecular complexity index is 91.9. The standard InChI is InChI=1S/C2H4NO3P.Na.H/c3-2(4)1-6-7-5;;/h1H2,(H2,3,4);;/q;+1;-1. The van der Waals surface area contributed by atoms with Gasteiger partial charge in [-0.2, -0.15) is 0 Å². The van der Waals surface area contributed by atoms with Crippen LogP contribution in [0.25, 0.3) is 0 Å². The third-order valence-electron chi connectivity index (χ3n) is 0.260. The Labute approximate surface area is 71.8 Å². The van der Waals surface area contributed by atoms with Crippen LogP contribution in [-0.2, 0) is 13.9 Å². The number of rotatable bonds is 3. The summed E-state index contributed by atoms with van der Waals surface area (Å²) in [5.41, 5.74) is 4.57. The van der Waals surface area contributed by atoms with Gasteiger partial charge in [0, 0.05) is 0 Å². The van der Waals surface area contributed by atoms with E-state index in [0.29, 0.717) is 0 Å². The Balaban J connectivity index is -0.000000180. The van der Waals surface area contributed by atoms with E-state index in [1.54, 1.807) is 0 Å². The van der Waals surface area contributed by atoms with Gasteiger partial charge >= 0.3 is 38.2 Å². The molecule has 0 unspecified atom stereocenters. The Kier molecular flexibility index (Phi) is 10.7. The van der Waals surface area contributed by atoms with Crippen LogP contribution in [0.3, 0.4) is 0 Å². The Morgan fingerprint density at radius 1 is 1.88 bits per heavy atom. The fourth-order valence-electron chi connectivity index (χ4n) is 0.0900. The van der Waals surface area contributed by atoms with Crippen molar-refractivity contribution in [1.29, 1.82) is 0 Å². The first-order valence-corrected chi connectivity index (χ1v) is 2.23. The maximum absolute atomic E-state index is 9.71. The number of nitrogens with two attached hydrogens (primary N) is 1. The van der Waals surface area contributed by atoms with Crippen LogP contribution in [-0.4, -0.2) is 12.5 Å². The number of carbonyl (C=O) groups is 1. The summed E-state index contributed by atoms with van der Waals surface area (Å²) < 4.78 is 13.4. The Morgan fingerprint density at radius 3 is 2.50 bits per heavy atom. The molecular formula is C2H5NNaO3P. The molecule has 0 bridgehead atoms. The minimum atomic E-state index is -0.622. The van der Waals surface area contributed by atoms with Crippen molar-refractivity contribution in [2.75, 3.05) is 6.61 Å². The van der Waals surface area contributed by atoms with Crippen LogP contribution in [0.15, 0.2) is 0 Å². The van der Waals surface area contributed by atoms with E-state index in [1.807, 2.05) is 0 Å². The van der Waals surface area contributed by atoms with Crippen LogP contribution in [0.5, 0.6) is 0 Å². The van der Waals surface area contributed by atoms with Gasteiger partial charge in [-0.3, -0.25) is 9.32 Å². The number of primary amides is 1. The zero-order valence-corrected chi connectivity index (χ0v) is 7.35. The molecule has 0 radical (unpaired) electrons. The van der Waals surface area contributed by atoms with Crippen molar-refractivity contribution in [2.24, 2.45) is 5.73 Å². The molecule has 0 aromatic heterocycles. The van der Waals surface area contributed by atoms with E-state index in [2.05, 4.69) is 10.3 Å². The van der Waals surface area contributed by atoms with E-state index >= 15 is 0 Å². The van der Waals surface area contributed by atoms with Gasteiger partial charge in [-0.05, 0) is 0 Å². The first-order valence-electron chi connectivity index (χ1n) is 1.50. The van der Waals surface area contributed by atoms with Crippen LogP contribution in [0.2, 0.25) is 0 Å². The second-order valence-corrected chi connectivity index (χ2v) is 1.22. The summed E-state index contributed by atoms with van der Waals surface area (Å²) in [5.74, 6) is -0.622. The average molecular weight is 145 g/mol. The zero-order chi connectivity index (χ0) is 5.70. The van der Waals surface area contributed by atoms with Crippen LogP contribution in [0, 0.1) is 0 Å². The monoisotopic (exact) mass is 145 g/mol. The topological polar surface area (TPSA) is 69.4 Å². The molecule has 0 rings (SSSR count). The molecule has 1 amide bonds. The van der Waals surface area contributed by atoms with Crippen molar-refractivity contribution in [2.45, 2.75) is 0 Å². The van der Waals surface area contributed by atoms with Gasteiger partial charge in [0.1, 0.15) is 6.61 Å². The molecule has 42 valence electrons. The van der Waals surface area contributed by atoms with Gasteiger partial charge in [-0.1, -0.05) is 0 Å². The van der Waals surface area contributed by atoms with E-state index in [1.165, 1.54) is 0 Å². The van der Waals surface area contributed by atoms with Gasteiger partial charge in [-0.25, -0.2) is 4.57 Å². The van der Waals surface area contributed by atoms with Gasteiger partial charge in [-0.15, -0.1) is 0 Å². The van der Waals surface area contributed by atoms with E-state index in [4.69, 9.17) is 0 Å². The van der Waals surface area contributed by atoms with Crippen molar-refractivity contribution < 1.29 is 44.9 Å². The molecule has 8 heavy (non-hydrogen) atoms. The van der Waals surface area contributed by atoms with Crippen molar-refractivity contribution in [3.8, 4) is 0 Å². The van der Waals surface area contributed by atoms with Crippen molar-refractivity contribution in [3.05, 3.63) is 0 Å². The maximum atomic E-state index is 9.71. The van der Waals surface area contributed by atoms with Crippen molar-refractivity contribution in [1.82, 2.24) is 0 Å². The Morgan fingerprint density at radius 2 is 2.38 bits per heavy atom. The zero-order valence-electron chi connectivity index (χ0n) is 5.46. The van der Waals surface area contributed by atoms with Gasteiger partial charge in [0.2, 0.25) is 5.91 Å². The van der Waals surface area contributed by atoms with Crippen molar-refractivity contribution >= 4 is 14.6 Å². The quantitative estimate of drug-likeness (QED) is 0.336. The minimum Gasteiger partial charge on any atom is -1.00 e. The SMILES string of the molecule is NC(=O)COP=O.[H-].[Na+]. The molecule has 0 heterocycles. The predicted octanol–water partition coefficient (Wildman–Crippen LogP) is -3.19. The van der Waals surface area contributed by atoms with E-state index in [-0.39, 0.29) is 37.6 Å². The maximum Gasteiger partial charge on any atom is 1.00 e. The molecule has 0 saturated carbocycles.